The van der Waals surface area contributed by atoms with E-state index in [0.717, 1.165) is 11.3 Å². The standard InChI is InChI=1S/C23H20ClN5O/c1-28-20-8-7-17(24)13-21(20)29(18-5-3-2-4-6-18)23(30)19(22(28)25)15-27-14-16-9-11-26-12-10-16/h2-13,15,25,27H,14H2,1H3/b19-15+,25-22?. The SMILES string of the molecule is CN1C(=N)/C(=C\NCc2ccncc2)C(=O)N(c2ccccc2)c2cc(Cl)ccc21. The number of nitrogens with zero attached hydrogens (tertiary/aromatic N) is 3. The van der Waals surface area contributed by atoms with Crippen molar-refractivity contribution < 1.29 is 4.79 Å². The molecule has 150 valence electrons. The number of anilines is 3. The summed E-state index contributed by atoms with van der Waals surface area (Å²) in [5.74, 6) is -0.203. The van der Waals surface area contributed by atoms with E-state index in [-0.39, 0.29) is 17.3 Å². The Morgan fingerprint density at radius 3 is 2.53 bits per heavy atom. The highest BCUT2D eigenvalue weighted by Gasteiger charge is 2.33. The van der Waals surface area contributed by atoms with Crippen LogP contribution in [0.15, 0.2) is 84.8 Å². The summed E-state index contributed by atoms with van der Waals surface area (Å²) in [5.41, 5.74) is 3.33. The Bertz CT molecular complexity index is 1110. The fourth-order valence-corrected chi connectivity index (χ4v) is 3.49. The first-order chi connectivity index (χ1) is 14.6. The molecule has 6 nitrogen and oxygen atoms in total. The molecule has 1 aliphatic heterocycles. The molecule has 0 radical (unpaired) electrons. The second-order valence-electron chi connectivity index (χ2n) is 6.81. The van der Waals surface area contributed by atoms with Crippen LogP contribution in [0.1, 0.15) is 5.56 Å². The lowest BCUT2D eigenvalue weighted by molar-refractivity contribution is -0.114. The molecule has 0 bridgehead atoms. The molecule has 0 atom stereocenters. The molecule has 0 unspecified atom stereocenters. The van der Waals surface area contributed by atoms with Crippen molar-refractivity contribution >= 4 is 40.4 Å². The maximum atomic E-state index is 13.6. The number of fused-ring (bicyclic) bond motifs is 1. The lowest BCUT2D eigenvalue weighted by Gasteiger charge is -2.24. The number of amidine groups is 1. The molecule has 1 amide bonds. The molecule has 2 aromatic carbocycles. The van der Waals surface area contributed by atoms with Gasteiger partial charge in [-0.3, -0.25) is 20.1 Å². The van der Waals surface area contributed by atoms with Crippen LogP contribution in [-0.4, -0.2) is 23.8 Å². The predicted octanol–water partition coefficient (Wildman–Crippen LogP) is 4.50. The average Bonchev–Trinajstić information content (AvgIpc) is 2.84. The van der Waals surface area contributed by atoms with Gasteiger partial charge in [0.25, 0.3) is 5.91 Å². The molecular weight excluding hydrogens is 398 g/mol. The van der Waals surface area contributed by atoms with Crippen molar-refractivity contribution in [3.05, 3.63) is 95.4 Å². The van der Waals surface area contributed by atoms with Gasteiger partial charge in [-0.25, -0.2) is 0 Å². The number of carbonyl (C=O) groups excluding carboxylic acids is 1. The van der Waals surface area contributed by atoms with Gasteiger partial charge in [0.05, 0.1) is 16.9 Å². The summed E-state index contributed by atoms with van der Waals surface area (Å²) in [4.78, 5) is 20.9. The van der Waals surface area contributed by atoms with Crippen molar-refractivity contribution in [2.24, 2.45) is 0 Å². The van der Waals surface area contributed by atoms with Crippen molar-refractivity contribution in [3.8, 4) is 0 Å². The van der Waals surface area contributed by atoms with Gasteiger partial charge in [-0.1, -0.05) is 29.8 Å². The molecule has 1 aliphatic rings. The van der Waals surface area contributed by atoms with Gasteiger partial charge in [0.15, 0.2) is 0 Å². The summed E-state index contributed by atoms with van der Waals surface area (Å²) >= 11 is 6.26. The zero-order valence-electron chi connectivity index (χ0n) is 16.3. The number of halogens is 1. The minimum Gasteiger partial charge on any atom is -0.386 e. The Labute approximate surface area is 179 Å². The fourth-order valence-electron chi connectivity index (χ4n) is 3.33. The largest absolute Gasteiger partial charge is 0.386 e. The number of nitrogens with one attached hydrogen (secondary N) is 2. The first kappa shape index (κ1) is 19.7. The smallest absolute Gasteiger partial charge is 0.268 e. The third kappa shape index (κ3) is 3.77. The van der Waals surface area contributed by atoms with Crippen molar-refractivity contribution in [2.75, 3.05) is 16.8 Å². The molecule has 2 heterocycles. The van der Waals surface area contributed by atoms with E-state index in [1.165, 1.54) is 0 Å². The van der Waals surface area contributed by atoms with Crippen LogP contribution in [0, 0.1) is 5.41 Å². The molecule has 0 spiro atoms. The van der Waals surface area contributed by atoms with Crippen LogP contribution in [0.4, 0.5) is 17.1 Å². The van der Waals surface area contributed by atoms with E-state index >= 15 is 0 Å². The van der Waals surface area contributed by atoms with Crippen molar-refractivity contribution in [1.82, 2.24) is 10.3 Å². The van der Waals surface area contributed by atoms with E-state index in [9.17, 15) is 4.79 Å². The van der Waals surface area contributed by atoms with Crippen molar-refractivity contribution in [1.29, 1.82) is 5.41 Å². The summed E-state index contributed by atoms with van der Waals surface area (Å²) in [6.07, 6.45) is 5.04. The highest BCUT2D eigenvalue weighted by atomic mass is 35.5. The van der Waals surface area contributed by atoms with E-state index < -0.39 is 0 Å². The van der Waals surface area contributed by atoms with Gasteiger partial charge in [-0.2, -0.15) is 0 Å². The third-order valence-corrected chi connectivity index (χ3v) is 5.12. The predicted molar refractivity (Wildman–Crippen MR) is 120 cm³/mol. The molecule has 0 aliphatic carbocycles. The topological polar surface area (TPSA) is 72.3 Å². The molecule has 0 saturated heterocycles. The van der Waals surface area contributed by atoms with Crippen LogP contribution >= 0.6 is 11.6 Å². The number of rotatable bonds is 4. The van der Waals surface area contributed by atoms with Crippen LogP contribution in [0.3, 0.4) is 0 Å². The van der Waals surface area contributed by atoms with Gasteiger partial charge in [0, 0.05) is 42.9 Å². The molecule has 0 saturated carbocycles. The first-order valence-electron chi connectivity index (χ1n) is 9.40. The lowest BCUT2D eigenvalue weighted by atomic mass is 10.2. The monoisotopic (exact) mass is 417 g/mol. The molecule has 30 heavy (non-hydrogen) atoms. The van der Waals surface area contributed by atoms with Gasteiger partial charge in [0.2, 0.25) is 0 Å². The number of aromatic nitrogens is 1. The number of carbonyl (C=O) groups is 1. The summed E-state index contributed by atoms with van der Waals surface area (Å²) in [7, 11) is 1.77. The van der Waals surface area contributed by atoms with Gasteiger partial charge in [-0.15, -0.1) is 0 Å². The number of hydrogen-bond acceptors (Lipinski definition) is 4. The molecule has 1 aromatic heterocycles. The van der Waals surface area contributed by atoms with E-state index in [1.54, 1.807) is 47.6 Å². The van der Waals surface area contributed by atoms with Gasteiger partial charge >= 0.3 is 0 Å². The van der Waals surface area contributed by atoms with E-state index in [2.05, 4.69) is 10.3 Å². The molecule has 7 heteroatoms. The second kappa shape index (κ2) is 8.39. The number of benzene rings is 2. The average molecular weight is 418 g/mol. The van der Waals surface area contributed by atoms with Gasteiger partial charge < -0.3 is 10.2 Å². The zero-order chi connectivity index (χ0) is 21.1. The third-order valence-electron chi connectivity index (χ3n) is 4.88. The Balaban J connectivity index is 1.77. The number of hydrogen-bond donors (Lipinski definition) is 2. The van der Waals surface area contributed by atoms with Gasteiger partial charge in [-0.05, 0) is 48.0 Å². The minimum atomic E-state index is -0.304. The zero-order valence-corrected chi connectivity index (χ0v) is 17.1. The maximum absolute atomic E-state index is 13.6. The number of amides is 1. The Kier molecular flexibility index (Phi) is 5.50. The minimum absolute atomic E-state index is 0.101. The Morgan fingerprint density at radius 1 is 1.07 bits per heavy atom. The Morgan fingerprint density at radius 2 is 1.80 bits per heavy atom. The Hall–Kier alpha value is -3.64. The second-order valence-corrected chi connectivity index (χ2v) is 7.25. The van der Waals surface area contributed by atoms with Crippen LogP contribution in [0.5, 0.6) is 0 Å². The van der Waals surface area contributed by atoms with Crippen molar-refractivity contribution in [2.45, 2.75) is 6.54 Å². The van der Waals surface area contributed by atoms with E-state index in [0.29, 0.717) is 22.9 Å². The van der Waals surface area contributed by atoms with E-state index in [4.69, 9.17) is 17.0 Å². The summed E-state index contributed by atoms with van der Waals surface area (Å²) in [6.45, 7) is 0.514. The van der Waals surface area contributed by atoms with Crippen LogP contribution in [0.25, 0.3) is 0 Å². The van der Waals surface area contributed by atoms with Gasteiger partial charge in [0.1, 0.15) is 5.84 Å². The highest BCUT2D eigenvalue weighted by molar-refractivity contribution is 6.34. The normalized spacial score (nSPS) is 15.2. The lowest BCUT2D eigenvalue weighted by Crippen LogP contribution is -2.32. The molecule has 3 aromatic rings. The summed E-state index contributed by atoms with van der Waals surface area (Å²) in [5, 5.41) is 12.3. The first-order valence-corrected chi connectivity index (χ1v) is 9.78. The number of likely N-dealkylation sites (N-methyl/N-ethyl adjacent to an activating group) is 1. The summed E-state index contributed by atoms with van der Waals surface area (Å²) < 4.78 is 0. The quantitative estimate of drug-likeness (QED) is 0.613. The van der Waals surface area contributed by atoms with Crippen molar-refractivity contribution in [3.63, 3.8) is 0 Å². The molecular formula is C23H20ClN5O. The van der Waals surface area contributed by atoms with Crippen LogP contribution in [-0.2, 0) is 11.3 Å². The molecule has 2 N–H and O–H groups in total. The van der Waals surface area contributed by atoms with Crippen LogP contribution < -0.4 is 15.1 Å². The maximum Gasteiger partial charge on any atom is 0.268 e. The number of pyridine rings is 1. The molecule has 0 fully saturated rings. The highest BCUT2D eigenvalue weighted by Crippen LogP contribution is 2.40. The number of para-hydroxylation sites is 1. The van der Waals surface area contributed by atoms with Crippen LogP contribution in [0.2, 0.25) is 5.02 Å². The van der Waals surface area contributed by atoms with E-state index in [1.807, 2.05) is 48.5 Å². The fraction of sp³-hybridized carbons (Fsp3) is 0.0870. The summed E-state index contributed by atoms with van der Waals surface area (Å²) in [6, 6.07) is 18.5. The molecule has 4 rings (SSSR count).